The molecule has 0 spiro atoms. The average molecular weight is 277 g/mol. The molecule has 0 saturated carbocycles. The minimum atomic E-state index is -0.0640. The van der Waals surface area contributed by atoms with E-state index in [1.807, 2.05) is 19.9 Å². The summed E-state index contributed by atoms with van der Waals surface area (Å²) in [5.74, 6) is 1.05. The summed E-state index contributed by atoms with van der Waals surface area (Å²) >= 11 is 0. The molecule has 112 valence electrons. The zero-order valence-corrected chi connectivity index (χ0v) is 13.1. The molecule has 0 fully saturated rings. The summed E-state index contributed by atoms with van der Waals surface area (Å²) in [6, 6.07) is 3.63. The van der Waals surface area contributed by atoms with Crippen molar-refractivity contribution in [1.82, 2.24) is 10.3 Å². The number of pyridine rings is 1. The fourth-order valence-electron chi connectivity index (χ4n) is 2.13. The standard InChI is InChI=1S/C16H27N3O/c1-5-14-9-13(10-15(17)19-14)16(20)18-12(4)8-6-7-11(2)3/h9-12H,5-8H2,1-4H3,(H2,17,19)(H,18,20). The normalized spacial score (nSPS) is 12.4. The van der Waals surface area contributed by atoms with Crippen molar-refractivity contribution in [3.63, 3.8) is 0 Å². The van der Waals surface area contributed by atoms with Gasteiger partial charge in [0.15, 0.2) is 0 Å². The predicted octanol–water partition coefficient (Wildman–Crippen LogP) is 3.17. The van der Waals surface area contributed by atoms with Crippen LogP contribution in [-0.4, -0.2) is 16.9 Å². The Morgan fingerprint density at radius 2 is 2.00 bits per heavy atom. The van der Waals surface area contributed by atoms with Crippen LogP contribution in [0, 0.1) is 5.92 Å². The van der Waals surface area contributed by atoms with E-state index >= 15 is 0 Å². The van der Waals surface area contributed by atoms with Gasteiger partial charge in [0.25, 0.3) is 5.91 Å². The molecule has 3 N–H and O–H groups in total. The Morgan fingerprint density at radius 3 is 2.60 bits per heavy atom. The van der Waals surface area contributed by atoms with Crippen LogP contribution in [0.4, 0.5) is 5.82 Å². The molecule has 0 aliphatic rings. The van der Waals surface area contributed by atoms with Crippen molar-refractivity contribution >= 4 is 11.7 Å². The number of nitrogens with one attached hydrogen (secondary N) is 1. The maximum absolute atomic E-state index is 12.2. The largest absolute Gasteiger partial charge is 0.384 e. The van der Waals surface area contributed by atoms with Crippen molar-refractivity contribution < 1.29 is 4.79 Å². The minimum Gasteiger partial charge on any atom is -0.384 e. The lowest BCUT2D eigenvalue weighted by Crippen LogP contribution is -2.32. The molecule has 4 nitrogen and oxygen atoms in total. The molecule has 0 bridgehead atoms. The van der Waals surface area contributed by atoms with E-state index in [4.69, 9.17) is 5.73 Å². The number of anilines is 1. The maximum Gasteiger partial charge on any atom is 0.251 e. The number of carbonyl (C=O) groups excluding carboxylic acids is 1. The Labute approximate surface area is 122 Å². The number of nitrogens with two attached hydrogens (primary N) is 1. The fourth-order valence-corrected chi connectivity index (χ4v) is 2.13. The highest BCUT2D eigenvalue weighted by Gasteiger charge is 2.11. The lowest BCUT2D eigenvalue weighted by molar-refractivity contribution is 0.0937. The molecule has 0 aliphatic heterocycles. The number of hydrogen-bond acceptors (Lipinski definition) is 3. The first kappa shape index (κ1) is 16.5. The van der Waals surface area contributed by atoms with Gasteiger partial charge in [-0.1, -0.05) is 33.6 Å². The lowest BCUT2D eigenvalue weighted by Gasteiger charge is -2.15. The Kier molecular flexibility index (Phi) is 6.49. The number of rotatable bonds is 7. The van der Waals surface area contributed by atoms with Crippen LogP contribution in [0.3, 0.4) is 0 Å². The third-order valence-corrected chi connectivity index (χ3v) is 3.32. The number of carbonyl (C=O) groups is 1. The number of amides is 1. The maximum atomic E-state index is 12.2. The van der Waals surface area contributed by atoms with Gasteiger partial charge in [0, 0.05) is 17.3 Å². The number of aryl methyl sites for hydroxylation is 1. The smallest absolute Gasteiger partial charge is 0.251 e. The topological polar surface area (TPSA) is 68.0 Å². The molecular weight excluding hydrogens is 250 g/mol. The number of hydrogen-bond donors (Lipinski definition) is 2. The van der Waals surface area contributed by atoms with Gasteiger partial charge in [0.05, 0.1) is 0 Å². The van der Waals surface area contributed by atoms with E-state index in [0.29, 0.717) is 17.3 Å². The Bertz CT molecular complexity index is 443. The molecule has 1 amide bonds. The predicted molar refractivity (Wildman–Crippen MR) is 83.6 cm³/mol. The number of nitrogen functional groups attached to an aromatic ring is 1. The van der Waals surface area contributed by atoms with Crippen LogP contribution >= 0.6 is 0 Å². The van der Waals surface area contributed by atoms with Gasteiger partial charge in [-0.3, -0.25) is 4.79 Å². The van der Waals surface area contributed by atoms with Gasteiger partial charge < -0.3 is 11.1 Å². The van der Waals surface area contributed by atoms with Crippen molar-refractivity contribution in [3.8, 4) is 0 Å². The highest BCUT2D eigenvalue weighted by molar-refractivity contribution is 5.95. The first-order valence-corrected chi connectivity index (χ1v) is 7.49. The molecule has 1 atom stereocenters. The van der Waals surface area contributed by atoms with E-state index in [1.165, 1.54) is 6.42 Å². The molecule has 1 aromatic rings. The molecule has 1 rings (SSSR count). The van der Waals surface area contributed by atoms with Crippen LogP contribution in [0.1, 0.15) is 63.0 Å². The van der Waals surface area contributed by atoms with Gasteiger partial charge in [-0.05, 0) is 37.8 Å². The van der Waals surface area contributed by atoms with Crippen molar-refractivity contribution in [2.75, 3.05) is 5.73 Å². The van der Waals surface area contributed by atoms with Crippen LogP contribution < -0.4 is 11.1 Å². The molecule has 1 aromatic heterocycles. The van der Waals surface area contributed by atoms with E-state index < -0.39 is 0 Å². The number of aromatic nitrogens is 1. The van der Waals surface area contributed by atoms with E-state index in [2.05, 4.69) is 24.1 Å². The highest BCUT2D eigenvalue weighted by atomic mass is 16.1. The second-order valence-electron chi connectivity index (χ2n) is 5.82. The molecule has 0 saturated heterocycles. The van der Waals surface area contributed by atoms with Gasteiger partial charge in [-0.15, -0.1) is 0 Å². The van der Waals surface area contributed by atoms with Crippen molar-refractivity contribution in [2.45, 2.75) is 59.4 Å². The van der Waals surface area contributed by atoms with Gasteiger partial charge >= 0.3 is 0 Å². The quantitative estimate of drug-likeness (QED) is 0.804. The van der Waals surface area contributed by atoms with Crippen molar-refractivity contribution in [1.29, 1.82) is 0 Å². The lowest BCUT2D eigenvalue weighted by atomic mass is 10.0. The third-order valence-electron chi connectivity index (χ3n) is 3.32. The first-order chi connectivity index (χ1) is 9.42. The van der Waals surface area contributed by atoms with Crippen molar-refractivity contribution in [2.24, 2.45) is 5.92 Å². The van der Waals surface area contributed by atoms with E-state index in [-0.39, 0.29) is 11.9 Å². The highest BCUT2D eigenvalue weighted by Crippen LogP contribution is 2.11. The molecule has 0 aliphatic carbocycles. The van der Waals surface area contributed by atoms with E-state index in [1.54, 1.807) is 6.07 Å². The summed E-state index contributed by atoms with van der Waals surface area (Å²) in [6.07, 6.45) is 4.11. The molecular formula is C16H27N3O. The SMILES string of the molecule is CCc1cc(C(=O)NC(C)CCCC(C)C)cc(N)n1. The van der Waals surface area contributed by atoms with Crippen molar-refractivity contribution in [3.05, 3.63) is 23.4 Å². The van der Waals surface area contributed by atoms with E-state index in [9.17, 15) is 4.79 Å². The summed E-state index contributed by atoms with van der Waals surface area (Å²) in [5, 5.41) is 3.03. The Hall–Kier alpha value is -1.58. The molecule has 0 radical (unpaired) electrons. The van der Waals surface area contributed by atoms with Crippen LogP contribution in [0.5, 0.6) is 0 Å². The fraction of sp³-hybridized carbons (Fsp3) is 0.625. The monoisotopic (exact) mass is 277 g/mol. The van der Waals surface area contributed by atoms with Gasteiger partial charge in [0.1, 0.15) is 5.82 Å². The minimum absolute atomic E-state index is 0.0640. The summed E-state index contributed by atoms with van der Waals surface area (Å²) in [5.41, 5.74) is 7.18. The molecule has 1 unspecified atom stereocenters. The summed E-state index contributed by atoms with van der Waals surface area (Å²) in [7, 11) is 0. The summed E-state index contributed by atoms with van der Waals surface area (Å²) < 4.78 is 0. The number of nitrogens with zero attached hydrogens (tertiary/aromatic N) is 1. The Balaban J connectivity index is 2.55. The van der Waals surface area contributed by atoms with Gasteiger partial charge in [0.2, 0.25) is 0 Å². The van der Waals surface area contributed by atoms with Crippen LogP contribution in [-0.2, 0) is 6.42 Å². The molecule has 0 aromatic carbocycles. The Morgan fingerprint density at radius 1 is 1.30 bits per heavy atom. The molecule has 4 heteroatoms. The second-order valence-corrected chi connectivity index (χ2v) is 5.82. The zero-order chi connectivity index (χ0) is 15.1. The van der Waals surface area contributed by atoms with Gasteiger partial charge in [-0.25, -0.2) is 4.98 Å². The average Bonchev–Trinajstić information content (AvgIpc) is 2.37. The third kappa shape index (κ3) is 5.59. The van der Waals surface area contributed by atoms with E-state index in [0.717, 1.165) is 25.0 Å². The van der Waals surface area contributed by atoms with Gasteiger partial charge in [-0.2, -0.15) is 0 Å². The van der Waals surface area contributed by atoms with Crippen LogP contribution in [0.25, 0.3) is 0 Å². The van der Waals surface area contributed by atoms with Crippen LogP contribution in [0.15, 0.2) is 12.1 Å². The first-order valence-electron chi connectivity index (χ1n) is 7.49. The second kappa shape index (κ2) is 7.88. The molecule has 20 heavy (non-hydrogen) atoms. The van der Waals surface area contributed by atoms with Crippen LogP contribution in [0.2, 0.25) is 0 Å². The summed E-state index contributed by atoms with van der Waals surface area (Å²) in [4.78, 5) is 16.4. The molecule has 1 heterocycles. The summed E-state index contributed by atoms with van der Waals surface area (Å²) in [6.45, 7) is 8.48. The zero-order valence-electron chi connectivity index (χ0n) is 13.1.